The number of piperidine rings is 1. The first-order valence-corrected chi connectivity index (χ1v) is 51.7. The fourth-order valence-corrected chi connectivity index (χ4v) is 23.0. The molecule has 2 aromatic carbocycles. The van der Waals surface area contributed by atoms with Crippen molar-refractivity contribution in [1.29, 1.82) is 0 Å². The predicted molar refractivity (Wildman–Crippen MR) is 553 cm³/mol. The summed E-state index contributed by atoms with van der Waals surface area (Å²) < 4.78 is 85.4. The van der Waals surface area contributed by atoms with E-state index in [1.807, 2.05) is 132 Å². The molecule has 0 atom stereocenters. The van der Waals surface area contributed by atoms with E-state index in [0.29, 0.717) is 75.2 Å². The number of likely N-dealkylation sites (tertiary alicyclic amines) is 1. The number of aryl methyl sites for hydroxylation is 3. The van der Waals surface area contributed by atoms with Gasteiger partial charge in [0.1, 0.15) is 67.2 Å². The number of rotatable bonds is 24. The van der Waals surface area contributed by atoms with Crippen LogP contribution >= 0.6 is 0 Å². The van der Waals surface area contributed by atoms with Crippen LogP contribution in [0.5, 0.6) is 11.5 Å². The Balaban J connectivity index is 0.000000108. The third-order valence-corrected chi connectivity index (χ3v) is 31.4. The second kappa shape index (κ2) is 39.6. The van der Waals surface area contributed by atoms with Crippen molar-refractivity contribution < 1.29 is 35.9 Å². The molecule has 2 aliphatic heterocycles. The first kappa shape index (κ1) is 93.7. The Bertz CT molecular complexity index is 9000. The molecule has 0 amide bonds. The van der Waals surface area contributed by atoms with E-state index in [0.717, 1.165) is 129 Å². The van der Waals surface area contributed by atoms with Gasteiger partial charge in [-0.1, -0.05) is 74.2 Å². The number of fused-ring (bicyclic) bond motifs is 8. The smallest absolute Gasteiger partial charge is 0.301 e. The number of ketones is 2. The summed E-state index contributed by atoms with van der Waals surface area (Å²) in [4.78, 5) is 66.6. The second-order valence-corrected chi connectivity index (χ2v) is 41.0. The summed E-state index contributed by atoms with van der Waals surface area (Å²) in [5.41, 5.74) is 23.1. The Morgan fingerprint density at radius 1 is 0.347 bits per heavy atom. The lowest BCUT2D eigenvalue weighted by Crippen LogP contribution is -2.40. The van der Waals surface area contributed by atoms with Crippen LogP contribution in [0.4, 0.5) is 0 Å². The van der Waals surface area contributed by atoms with E-state index < -0.39 is 20.0 Å². The largest absolute Gasteiger partial charge is 0.497 e. The fourth-order valence-electron chi connectivity index (χ4n) is 20.3. The topological polar surface area (TPSA) is 391 Å². The average molecular weight is 2000 g/mol. The Morgan fingerprint density at radius 3 is 1.31 bits per heavy atom. The normalized spacial score (nSPS) is 14.7. The van der Waals surface area contributed by atoms with Crippen LogP contribution in [0.2, 0.25) is 0 Å². The van der Waals surface area contributed by atoms with Crippen LogP contribution in [-0.4, -0.2) is 225 Å². The van der Waals surface area contributed by atoms with Crippen LogP contribution < -0.4 is 9.47 Å². The maximum absolute atomic E-state index is 13.7. The Kier molecular flexibility index (Phi) is 25.2. The summed E-state index contributed by atoms with van der Waals surface area (Å²) >= 11 is 0. The van der Waals surface area contributed by atoms with Gasteiger partial charge >= 0.3 is 20.0 Å². The SMILES string of the molecule is COc1cccc(C(=O)Cc2cnc3cnn(S(=O)(=O)c4cnc5ccc(OC)cn45)c3c2)c1.Cn1cc(-c2ccc3ncc(Cn4ncc5ncc(-c6cnn(C7CCN(C8CCCC8)CC7)c6)cc54)n3c2)cn1.Cn1cc(-c2ccc3ncc(Cn4ncc5ncc(C6=CCN(C7CCCC7)CC6)cc54)n3c2)cn1.Cn1cc(-c2ccc3ncc(S(=O)(=O)n4ncc5ncc(CC(=O)c6ccccc6)cc54)n3c2)cn1. The van der Waals surface area contributed by atoms with Gasteiger partial charge in [-0.2, -0.15) is 65.8 Å². The van der Waals surface area contributed by atoms with E-state index in [2.05, 4.69) is 144 Å². The number of hydrogen-bond acceptors (Lipinski definition) is 26. The van der Waals surface area contributed by atoms with Gasteiger partial charge in [0.2, 0.25) is 0 Å². The highest BCUT2D eigenvalue weighted by Crippen LogP contribution is 2.37. The molecular formula is C107H102N30O8S2. The van der Waals surface area contributed by atoms with Crippen molar-refractivity contribution in [2.45, 2.75) is 125 Å². The molecule has 40 heteroatoms. The zero-order valence-corrected chi connectivity index (χ0v) is 82.9. The number of imidazole rings is 4. The highest BCUT2D eigenvalue weighted by Gasteiger charge is 2.33. The number of methoxy groups -OCH3 is 2. The van der Waals surface area contributed by atoms with Gasteiger partial charge in [-0.15, -0.1) is 0 Å². The molecular weight excluding hydrogens is 1900 g/mol. The van der Waals surface area contributed by atoms with Gasteiger partial charge < -0.3 is 23.2 Å². The van der Waals surface area contributed by atoms with Gasteiger partial charge in [0, 0.05) is 196 Å². The van der Waals surface area contributed by atoms with Gasteiger partial charge in [0.25, 0.3) is 0 Å². The van der Waals surface area contributed by atoms with Crippen molar-refractivity contribution in [3.8, 4) is 56.0 Å². The van der Waals surface area contributed by atoms with Crippen molar-refractivity contribution in [3.63, 3.8) is 0 Å². The quantitative estimate of drug-likeness (QED) is 0.0507. The van der Waals surface area contributed by atoms with Crippen LogP contribution in [-0.2, 0) is 67.1 Å². The molecule has 26 rings (SSSR count). The molecule has 0 N–H and O–H groups in total. The highest BCUT2D eigenvalue weighted by molar-refractivity contribution is 7.90. The second-order valence-electron chi connectivity index (χ2n) is 37.6. The molecule has 1 saturated heterocycles. The molecule has 0 bridgehead atoms. The van der Waals surface area contributed by atoms with E-state index in [1.54, 1.807) is 102 Å². The van der Waals surface area contributed by atoms with E-state index in [9.17, 15) is 26.4 Å². The van der Waals surface area contributed by atoms with E-state index in [4.69, 9.17) is 24.5 Å². The average Bonchev–Trinajstić information content (AvgIpc) is 1.60. The zero-order valence-electron chi connectivity index (χ0n) is 81.2. The molecule has 38 nitrogen and oxygen atoms in total. The summed E-state index contributed by atoms with van der Waals surface area (Å²) in [7, 11) is 0.440. The fraction of sp³-hybridized carbons (Fsp3) is 0.252. The number of pyridine rings is 8. The minimum absolute atomic E-state index is 0.0359. The third-order valence-electron chi connectivity index (χ3n) is 28.2. The van der Waals surface area contributed by atoms with E-state index >= 15 is 0 Å². The highest BCUT2D eigenvalue weighted by atomic mass is 32.2. The maximum atomic E-state index is 13.7. The lowest BCUT2D eigenvalue weighted by molar-refractivity contribution is 0.0984. The van der Waals surface area contributed by atoms with Crippen LogP contribution in [0.15, 0.2) is 292 Å². The minimum atomic E-state index is -4.14. The Hall–Kier alpha value is -17.0. The van der Waals surface area contributed by atoms with E-state index in [1.165, 1.54) is 149 Å². The van der Waals surface area contributed by atoms with Gasteiger partial charge in [0.05, 0.1) is 136 Å². The molecule has 0 spiro atoms. The third kappa shape index (κ3) is 19.0. The number of aromatic nitrogens is 28. The number of ether oxygens (including phenoxy) is 2. The van der Waals surface area contributed by atoms with Gasteiger partial charge in [-0.25, -0.2) is 19.9 Å². The summed E-state index contributed by atoms with van der Waals surface area (Å²) in [6, 6.07) is 40.8. The van der Waals surface area contributed by atoms with Gasteiger partial charge in [0.15, 0.2) is 21.6 Å². The lowest BCUT2D eigenvalue weighted by atomic mass is 9.99. The molecule has 2 aliphatic carbocycles. The molecule has 3 fully saturated rings. The lowest BCUT2D eigenvalue weighted by Gasteiger charge is -2.36. The maximum Gasteiger partial charge on any atom is 0.301 e. The summed E-state index contributed by atoms with van der Waals surface area (Å²) in [5, 5.41) is 35.0. The standard InChI is InChI=1S/C31H34N10.C28H30N8.C25H19N7O3S.C23H19N5O5S/c1-37-18-24(14-34-37)22-6-7-31-33-16-28(39(31)19-22)21-41-30-12-23(13-32-29(30)17-36-41)25-15-35-40(20-25)27-8-10-38(11-9-27)26-4-2-3-5-26;1-33-17-23(14-31-33)21-6-7-28-30-15-25(35(28)18-21)19-36-27-12-22(13-29-26(27)16-32-36)20-8-10-34(11-9-20)24-4-2-3-5-24;1-30-15-20(12-28-30)19-7-8-24-27-14-25(31(24)16-19)36(34,35)32-22-9-17(11-26-21(22)13-29-32)10-23(33)18-5-3-2-4-6-18;1-32-17-5-3-4-16(10-17)21(29)9-15-8-20-19(24-11-15)12-26-28(20)34(30,31)23-13-25-22-7-6-18(33-2)14-27(22)23/h6-7,12-20,26-27H,2-5,8-11,21H2,1H3;6-8,12-18,24H,2-5,9-11,19H2,1H3;2-9,11-16H,10H2,1H3;3-8,10-14H,9H2,1-2H3. The Labute approximate surface area is 842 Å². The van der Waals surface area contributed by atoms with Crippen molar-refractivity contribution in [2.75, 3.05) is 40.4 Å². The van der Waals surface area contributed by atoms with Crippen LogP contribution in [0.3, 0.4) is 0 Å². The first-order valence-electron chi connectivity index (χ1n) is 48.8. The van der Waals surface area contributed by atoms with Crippen LogP contribution in [0.1, 0.15) is 125 Å². The summed E-state index contributed by atoms with van der Waals surface area (Å²) in [6.07, 6.45) is 60.0. The number of Topliss-reactive ketones (excluding diaryl/α,β-unsaturated/α-hetero) is 2. The van der Waals surface area contributed by atoms with Crippen LogP contribution in [0, 0.1) is 0 Å². The Morgan fingerprint density at radius 2 is 0.796 bits per heavy atom. The molecule has 740 valence electrons. The molecule has 0 radical (unpaired) electrons. The number of nitrogens with zero attached hydrogens (tertiary/aromatic N) is 30. The zero-order chi connectivity index (χ0) is 100. The molecule has 4 aliphatic rings. The molecule has 147 heavy (non-hydrogen) atoms. The number of carbonyl (C=O) groups excluding carboxylic acids is 2. The molecule has 0 unspecified atom stereocenters. The molecule has 22 aromatic rings. The van der Waals surface area contributed by atoms with Crippen LogP contribution in [0.25, 0.3) is 117 Å². The molecule has 22 heterocycles. The van der Waals surface area contributed by atoms with Crippen molar-refractivity contribution in [2.24, 2.45) is 21.1 Å². The number of benzene rings is 2. The van der Waals surface area contributed by atoms with Crippen molar-refractivity contribution in [3.05, 3.63) is 321 Å². The summed E-state index contributed by atoms with van der Waals surface area (Å²) in [5.74, 6) is 0.818. The molecule has 20 aromatic heterocycles. The monoisotopic (exact) mass is 2000 g/mol. The first-order chi connectivity index (χ1) is 71.7. The van der Waals surface area contributed by atoms with Gasteiger partial charge in [-0.3, -0.25) is 71.3 Å². The number of carbonyl (C=O) groups is 2. The predicted octanol–water partition coefficient (Wildman–Crippen LogP) is 15.4. The van der Waals surface area contributed by atoms with Crippen molar-refractivity contribution in [1.82, 2.24) is 144 Å². The van der Waals surface area contributed by atoms with Crippen molar-refractivity contribution >= 4 is 104 Å². The summed E-state index contributed by atoms with van der Waals surface area (Å²) in [6.45, 7) is 5.79. The number of hydrogen-bond donors (Lipinski definition) is 0. The van der Waals surface area contributed by atoms with Gasteiger partial charge in [-0.05, 0) is 152 Å². The minimum Gasteiger partial charge on any atom is -0.497 e. The van der Waals surface area contributed by atoms with E-state index in [-0.39, 0.29) is 45.5 Å². The molecule has 2 saturated carbocycles.